The van der Waals surface area contributed by atoms with Gasteiger partial charge in [-0.2, -0.15) is 0 Å². The molecule has 0 aliphatic carbocycles. The predicted octanol–water partition coefficient (Wildman–Crippen LogP) is 2.67. The van der Waals surface area contributed by atoms with Gasteiger partial charge >= 0.3 is 0 Å². The molecule has 0 bridgehead atoms. The van der Waals surface area contributed by atoms with Crippen LogP contribution in [0.25, 0.3) is 0 Å². The van der Waals surface area contributed by atoms with E-state index in [0.29, 0.717) is 10.8 Å². The molecule has 0 saturated heterocycles. The van der Waals surface area contributed by atoms with Crippen LogP contribution < -0.4 is 5.32 Å². The summed E-state index contributed by atoms with van der Waals surface area (Å²) in [6, 6.07) is 0. The molecule has 68 valence electrons. The Kier molecular flexibility index (Phi) is 3.56. The molecule has 0 aliphatic rings. The maximum Gasteiger partial charge on any atom is -0.0000287 e. The first-order chi connectivity index (χ1) is 4.77. The highest BCUT2D eigenvalue weighted by atomic mass is 14.8. The van der Waals surface area contributed by atoms with Crippen LogP contribution in [-0.2, 0) is 0 Å². The van der Waals surface area contributed by atoms with Gasteiger partial charge in [-0.05, 0) is 30.8 Å². The largest absolute Gasteiger partial charge is 0.319 e. The Morgan fingerprint density at radius 3 is 1.73 bits per heavy atom. The first-order valence-corrected chi connectivity index (χ1v) is 4.41. The number of hydrogen-bond acceptors (Lipinski definition) is 1. The van der Waals surface area contributed by atoms with Crippen molar-refractivity contribution >= 4 is 0 Å². The molecule has 0 fully saturated rings. The van der Waals surface area contributed by atoms with E-state index in [0.717, 1.165) is 6.54 Å². The second kappa shape index (κ2) is 3.57. The molecule has 0 spiro atoms. The Morgan fingerprint density at radius 1 is 1.00 bits per heavy atom. The second-order valence-corrected chi connectivity index (χ2v) is 5.43. The standard InChI is InChI=1S/C10H23N/c1-9(2,3)7-10(4,5)8-11-6/h11H,7-8H2,1-6H3. The van der Waals surface area contributed by atoms with E-state index < -0.39 is 0 Å². The van der Waals surface area contributed by atoms with Crippen LogP contribution >= 0.6 is 0 Å². The van der Waals surface area contributed by atoms with Gasteiger partial charge in [0, 0.05) is 0 Å². The summed E-state index contributed by atoms with van der Waals surface area (Å²) < 4.78 is 0. The van der Waals surface area contributed by atoms with Gasteiger partial charge in [-0.3, -0.25) is 0 Å². The van der Waals surface area contributed by atoms with Crippen LogP contribution in [0.1, 0.15) is 41.0 Å². The van der Waals surface area contributed by atoms with E-state index in [-0.39, 0.29) is 0 Å². The van der Waals surface area contributed by atoms with Gasteiger partial charge in [-0.1, -0.05) is 34.6 Å². The first kappa shape index (κ1) is 11.0. The lowest BCUT2D eigenvalue weighted by Crippen LogP contribution is -2.30. The van der Waals surface area contributed by atoms with Crippen LogP contribution in [0, 0.1) is 10.8 Å². The quantitative estimate of drug-likeness (QED) is 0.664. The zero-order valence-electron chi connectivity index (χ0n) is 8.91. The number of hydrogen-bond donors (Lipinski definition) is 1. The second-order valence-electron chi connectivity index (χ2n) is 5.43. The first-order valence-electron chi connectivity index (χ1n) is 4.41. The average Bonchev–Trinajstić information content (AvgIpc) is 1.55. The highest BCUT2D eigenvalue weighted by molar-refractivity contribution is 4.77. The molecule has 1 heteroatoms. The molecular weight excluding hydrogens is 134 g/mol. The van der Waals surface area contributed by atoms with Gasteiger partial charge in [0.25, 0.3) is 0 Å². The average molecular weight is 157 g/mol. The van der Waals surface area contributed by atoms with Crippen LogP contribution in [0.4, 0.5) is 0 Å². The summed E-state index contributed by atoms with van der Waals surface area (Å²) in [5.41, 5.74) is 0.868. The smallest absolute Gasteiger partial charge is 0.0000287 e. The van der Waals surface area contributed by atoms with Crippen molar-refractivity contribution in [2.75, 3.05) is 13.6 Å². The van der Waals surface area contributed by atoms with Crippen molar-refractivity contribution in [3.05, 3.63) is 0 Å². The molecule has 0 heterocycles. The summed E-state index contributed by atoms with van der Waals surface area (Å²) >= 11 is 0. The van der Waals surface area contributed by atoms with Crippen molar-refractivity contribution < 1.29 is 0 Å². The minimum Gasteiger partial charge on any atom is -0.319 e. The molecule has 1 nitrogen and oxygen atoms in total. The van der Waals surface area contributed by atoms with E-state index in [1.807, 2.05) is 7.05 Å². The fourth-order valence-electron chi connectivity index (χ4n) is 1.98. The summed E-state index contributed by atoms with van der Waals surface area (Å²) in [5.74, 6) is 0. The third-order valence-electron chi connectivity index (χ3n) is 1.66. The Hall–Kier alpha value is -0.0400. The minimum absolute atomic E-state index is 0.424. The van der Waals surface area contributed by atoms with E-state index in [1.54, 1.807) is 0 Å². The third-order valence-corrected chi connectivity index (χ3v) is 1.66. The van der Waals surface area contributed by atoms with Crippen molar-refractivity contribution in [2.24, 2.45) is 10.8 Å². The van der Waals surface area contributed by atoms with Crippen molar-refractivity contribution in [3.63, 3.8) is 0 Å². The maximum atomic E-state index is 3.23. The molecule has 0 aliphatic heterocycles. The number of nitrogens with one attached hydrogen (secondary N) is 1. The van der Waals surface area contributed by atoms with Crippen molar-refractivity contribution in [3.8, 4) is 0 Å². The van der Waals surface area contributed by atoms with E-state index in [2.05, 4.69) is 39.9 Å². The summed E-state index contributed by atoms with van der Waals surface area (Å²) in [4.78, 5) is 0. The molecular formula is C10H23N. The molecule has 0 aromatic heterocycles. The van der Waals surface area contributed by atoms with Crippen molar-refractivity contribution in [1.82, 2.24) is 5.32 Å². The highest BCUT2D eigenvalue weighted by Gasteiger charge is 2.24. The topological polar surface area (TPSA) is 12.0 Å². The van der Waals surface area contributed by atoms with E-state index in [9.17, 15) is 0 Å². The van der Waals surface area contributed by atoms with Crippen LogP contribution in [-0.4, -0.2) is 13.6 Å². The molecule has 1 N–H and O–H groups in total. The maximum absolute atomic E-state index is 3.23. The van der Waals surface area contributed by atoms with Crippen LogP contribution in [0.5, 0.6) is 0 Å². The van der Waals surface area contributed by atoms with Gasteiger partial charge in [0.05, 0.1) is 0 Å². The Labute approximate surface area is 71.6 Å². The highest BCUT2D eigenvalue weighted by Crippen LogP contribution is 2.32. The van der Waals surface area contributed by atoms with Gasteiger partial charge in [0.15, 0.2) is 0 Å². The van der Waals surface area contributed by atoms with Crippen LogP contribution in [0.15, 0.2) is 0 Å². The third kappa shape index (κ3) is 6.36. The molecule has 0 rings (SSSR count). The summed E-state index contributed by atoms with van der Waals surface area (Å²) in [7, 11) is 2.02. The predicted molar refractivity (Wildman–Crippen MR) is 51.8 cm³/mol. The SMILES string of the molecule is CNCC(C)(C)CC(C)(C)C. The van der Waals surface area contributed by atoms with Crippen LogP contribution in [0.2, 0.25) is 0 Å². The summed E-state index contributed by atoms with van der Waals surface area (Å²) in [5, 5.41) is 3.23. The Bertz CT molecular complexity index is 109. The molecule has 0 aromatic carbocycles. The Balaban J connectivity index is 3.91. The molecule has 11 heavy (non-hydrogen) atoms. The van der Waals surface area contributed by atoms with Gasteiger partial charge in [-0.15, -0.1) is 0 Å². The molecule has 0 unspecified atom stereocenters. The van der Waals surface area contributed by atoms with Gasteiger partial charge in [0.1, 0.15) is 0 Å². The molecule has 0 aromatic rings. The van der Waals surface area contributed by atoms with E-state index in [1.165, 1.54) is 6.42 Å². The molecule has 0 saturated carbocycles. The molecule has 0 amide bonds. The van der Waals surface area contributed by atoms with Crippen molar-refractivity contribution in [1.29, 1.82) is 0 Å². The van der Waals surface area contributed by atoms with Gasteiger partial charge < -0.3 is 5.32 Å². The zero-order chi connectivity index (χ0) is 9.12. The van der Waals surface area contributed by atoms with Gasteiger partial charge in [-0.25, -0.2) is 0 Å². The lowest BCUT2D eigenvalue weighted by Gasteiger charge is -2.32. The molecule has 0 atom stereocenters. The van der Waals surface area contributed by atoms with E-state index in [4.69, 9.17) is 0 Å². The summed E-state index contributed by atoms with van der Waals surface area (Å²) in [6.45, 7) is 12.6. The van der Waals surface area contributed by atoms with E-state index >= 15 is 0 Å². The Morgan fingerprint density at radius 2 is 1.45 bits per heavy atom. The zero-order valence-corrected chi connectivity index (χ0v) is 8.91. The van der Waals surface area contributed by atoms with Crippen molar-refractivity contribution in [2.45, 2.75) is 41.0 Å². The summed E-state index contributed by atoms with van der Waals surface area (Å²) in [6.07, 6.45) is 1.26. The number of rotatable bonds is 3. The fraction of sp³-hybridized carbons (Fsp3) is 1.00. The molecule has 0 radical (unpaired) electrons. The minimum atomic E-state index is 0.424. The fourth-order valence-corrected chi connectivity index (χ4v) is 1.98. The van der Waals surface area contributed by atoms with Crippen LogP contribution in [0.3, 0.4) is 0 Å². The van der Waals surface area contributed by atoms with Gasteiger partial charge in [0.2, 0.25) is 0 Å². The monoisotopic (exact) mass is 157 g/mol. The lowest BCUT2D eigenvalue weighted by atomic mass is 9.76. The lowest BCUT2D eigenvalue weighted by molar-refractivity contribution is 0.210. The normalized spacial score (nSPS) is 13.6.